The van der Waals surface area contributed by atoms with Crippen molar-refractivity contribution in [1.82, 2.24) is 20.8 Å². The molecule has 0 bridgehead atoms. The highest BCUT2D eigenvalue weighted by atomic mass is 16.5. The molecule has 1 aromatic heterocycles. The molecular weight excluding hydrogens is 264 g/mol. The van der Waals surface area contributed by atoms with E-state index in [9.17, 15) is 14.7 Å². The van der Waals surface area contributed by atoms with Gasteiger partial charge < -0.3 is 20.3 Å². The third-order valence-electron chi connectivity index (χ3n) is 3.72. The van der Waals surface area contributed by atoms with Crippen LogP contribution in [0.5, 0.6) is 0 Å². The number of aryl methyl sites for hydroxylation is 1. The third-order valence-corrected chi connectivity index (χ3v) is 3.72. The molecule has 8 heteroatoms. The predicted octanol–water partition coefficient (Wildman–Crippen LogP) is 0.821. The molecule has 0 aliphatic heterocycles. The molecule has 2 unspecified atom stereocenters. The van der Waals surface area contributed by atoms with E-state index in [1.807, 2.05) is 0 Å². The summed E-state index contributed by atoms with van der Waals surface area (Å²) in [6.07, 6.45) is 2.02. The van der Waals surface area contributed by atoms with Gasteiger partial charge in [-0.25, -0.2) is 4.79 Å². The number of carboxylic acids is 1. The van der Waals surface area contributed by atoms with Gasteiger partial charge in [0.25, 0.3) is 0 Å². The zero-order valence-electron chi connectivity index (χ0n) is 11.5. The Bertz CT molecular complexity index is 515. The van der Waals surface area contributed by atoms with Gasteiger partial charge in [0.2, 0.25) is 5.89 Å². The minimum absolute atomic E-state index is 0.114. The van der Waals surface area contributed by atoms with Crippen molar-refractivity contribution in [2.45, 2.75) is 45.7 Å². The van der Waals surface area contributed by atoms with Crippen LogP contribution >= 0.6 is 0 Å². The van der Waals surface area contributed by atoms with Gasteiger partial charge >= 0.3 is 12.0 Å². The summed E-state index contributed by atoms with van der Waals surface area (Å²) in [4.78, 5) is 27.0. The highest BCUT2D eigenvalue weighted by molar-refractivity contribution is 5.79. The number of carbonyl (C=O) groups is 2. The van der Waals surface area contributed by atoms with Gasteiger partial charge in [-0.05, 0) is 26.7 Å². The molecule has 2 amide bonds. The van der Waals surface area contributed by atoms with E-state index < -0.39 is 17.4 Å². The first kappa shape index (κ1) is 14.3. The van der Waals surface area contributed by atoms with Crippen LogP contribution in [0.4, 0.5) is 4.79 Å². The predicted molar refractivity (Wildman–Crippen MR) is 67.8 cm³/mol. The molecule has 8 nitrogen and oxygen atoms in total. The number of rotatable bonds is 4. The van der Waals surface area contributed by atoms with Crippen LogP contribution in [0, 0.1) is 12.3 Å². The number of carboxylic acid groups (broad SMARTS) is 1. The van der Waals surface area contributed by atoms with Crippen molar-refractivity contribution in [3.63, 3.8) is 0 Å². The zero-order chi connectivity index (χ0) is 14.8. The topological polar surface area (TPSA) is 117 Å². The number of carbonyl (C=O) groups excluding carboxylic acids is 1. The standard InChI is InChI=1S/C12H18N4O4/c1-7-14-9(20-16-7)6-13-11(19)15-8-4-3-5-12(8,2)10(17)18/h8H,3-6H2,1-2H3,(H,17,18)(H2,13,15,19). The van der Waals surface area contributed by atoms with Crippen LogP contribution in [0.3, 0.4) is 0 Å². The maximum Gasteiger partial charge on any atom is 0.315 e. The van der Waals surface area contributed by atoms with E-state index in [1.54, 1.807) is 13.8 Å². The third kappa shape index (κ3) is 2.89. The van der Waals surface area contributed by atoms with E-state index >= 15 is 0 Å². The quantitative estimate of drug-likeness (QED) is 0.752. The maximum atomic E-state index is 11.8. The Hall–Kier alpha value is -2.12. The minimum Gasteiger partial charge on any atom is -0.481 e. The maximum absolute atomic E-state index is 11.8. The van der Waals surface area contributed by atoms with Crippen LogP contribution in [0.1, 0.15) is 37.9 Å². The summed E-state index contributed by atoms with van der Waals surface area (Å²) in [5, 5.41) is 18.2. The van der Waals surface area contributed by atoms with Crippen LogP contribution in [0.15, 0.2) is 4.52 Å². The molecule has 1 aliphatic carbocycles. The highest BCUT2D eigenvalue weighted by Crippen LogP contribution is 2.38. The summed E-state index contributed by atoms with van der Waals surface area (Å²) >= 11 is 0. The van der Waals surface area contributed by atoms with Crippen molar-refractivity contribution < 1.29 is 19.2 Å². The average molecular weight is 282 g/mol. The first-order valence-electron chi connectivity index (χ1n) is 6.49. The number of aromatic nitrogens is 2. The SMILES string of the molecule is Cc1noc(CNC(=O)NC2CCCC2(C)C(=O)O)n1. The van der Waals surface area contributed by atoms with Gasteiger partial charge in [-0.2, -0.15) is 4.98 Å². The molecule has 0 aromatic carbocycles. The number of nitrogens with zero attached hydrogens (tertiary/aromatic N) is 2. The second kappa shape index (κ2) is 5.48. The van der Waals surface area contributed by atoms with Crippen molar-refractivity contribution in [2.24, 2.45) is 5.41 Å². The molecule has 0 radical (unpaired) electrons. The number of hydrogen-bond donors (Lipinski definition) is 3. The molecule has 0 spiro atoms. The van der Waals surface area contributed by atoms with E-state index in [2.05, 4.69) is 20.8 Å². The fraction of sp³-hybridized carbons (Fsp3) is 0.667. The van der Waals surface area contributed by atoms with E-state index in [4.69, 9.17) is 4.52 Å². The van der Waals surface area contributed by atoms with E-state index in [1.165, 1.54) is 0 Å². The summed E-state index contributed by atoms with van der Waals surface area (Å²) in [5.74, 6) is -0.0747. The van der Waals surface area contributed by atoms with Gasteiger partial charge in [0.05, 0.1) is 12.0 Å². The molecule has 1 saturated carbocycles. The van der Waals surface area contributed by atoms with Gasteiger partial charge in [-0.3, -0.25) is 4.79 Å². The lowest BCUT2D eigenvalue weighted by molar-refractivity contribution is -0.148. The molecule has 2 rings (SSSR count). The lowest BCUT2D eigenvalue weighted by Gasteiger charge is -2.27. The van der Waals surface area contributed by atoms with Gasteiger partial charge in [-0.15, -0.1) is 0 Å². The van der Waals surface area contributed by atoms with Gasteiger partial charge in [0, 0.05) is 6.04 Å². The molecule has 20 heavy (non-hydrogen) atoms. The summed E-state index contributed by atoms with van der Waals surface area (Å²) in [6, 6.07) is -0.801. The molecule has 3 N–H and O–H groups in total. The van der Waals surface area contributed by atoms with Crippen molar-refractivity contribution >= 4 is 12.0 Å². The monoisotopic (exact) mass is 282 g/mol. The van der Waals surface area contributed by atoms with Crippen LogP contribution in [0.25, 0.3) is 0 Å². The van der Waals surface area contributed by atoms with Gasteiger partial charge in [0.15, 0.2) is 5.82 Å². The van der Waals surface area contributed by atoms with Crippen LogP contribution in [0.2, 0.25) is 0 Å². The Kier molecular flexibility index (Phi) is 3.91. The molecule has 1 aliphatic rings. The Labute approximate surface area is 115 Å². The average Bonchev–Trinajstić information content (AvgIpc) is 2.95. The Balaban J connectivity index is 1.86. The minimum atomic E-state index is -0.904. The van der Waals surface area contributed by atoms with Gasteiger partial charge in [-0.1, -0.05) is 11.6 Å². The van der Waals surface area contributed by atoms with E-state index in [0.29, 0.717) is 24.6 Å². The molecule has 1 fully saturated rings. The molecule has 2 atom stereocenters. The number of amides is 2. The Morgan fingerprint density at radius 1 is 1.55 bits per heavy atom. The first-order valence-corrected chi connectivity index (χ1v) is 6.49. The first-order chi connectivity index (χ1) is 9.41. The number of urea groups is 1. The largest absolute Gasteiger partial charge is 0.481 e. The van der Waals surface area contributed by atoms with Crippen LogP contribution < -0.4 is 10.6 Å². The lowest BCUT2D eigenvalue weighted by atomic mass is 9.85. The summed E-state index contributed by atoms with van der Waals surface area (Å²) in [5.41, 5.74) is -0.904. The second-order valence-corrected chi connectivity index (χ2v) is 5.23. The van der Waals surface area contributed by atoms with Crippen molar-refractivity contribution in [3.8, 4) is 0 Å². The molecule has 0 saturated heterocycles. The second-order valence-electron chi connectivity index (χ2n) is 5.23. The molecule has 1 heterocycles. The number of nitrogens with one attached hydrogen (secondary N) is 2. The Morgan fingerprint density at radius 3 is 2.90 bits per heavy atom. The van der Waals surface area contributed by atoms with Crippen molar-refractivity contribution in [3.05, 3.63) is 11.7 Å². The summed E-state index contributed by atoms with van der Waals surface area (Å²) < 4.78 is 4.87. The molecule has 110 valence electrons. The zero-order valence-corrected chi connectivity index (χ0v) is 11.5. The van der Waals surface area contributed by atoms with Crippen molar-refractivity contribution in [1.29, 1.82) is 0 Å². The van der Waals surface area contributed by atoms with Crippen molar-refractivity contribution in [2.75, 3.05) is 0 Å². The number of hydrogen-bond acceptors (Lipinski definition) is 5. The summed E-state index contributed by atoms with van der Waals surface area (Å²) in [7, 11) is 0. The fourth-order valence-corrected chi connectivity index (χ4v) is 2.43. The van der Waals surface area contributed by atoms with Crippen LogP contribution in [-0.2, 0) is 11.3 Å². The molecular formula is C12H18N4O4. The van der Waals surface area contributed by atoms with E-state index in [-0.39, 0.29) is 12.6 Å². The normalized spacial score (nSPS) is 25.4. The smallest absolute Gasteiger partial charge is 0.315 e. The Morgan fingerprint density at radius 2 is 2.30 bits per heavy atom. The molecule has 1 aromatic rings. The summed E-state index contributed by atoms with van der Waals surface area (Å²) in [6.45, 7) is 3.46. The fourth-order valence-electron chi connectivity index (χ4n) is 2.43. The van der Waals surface area contributed by atoms with Crippen LogP contribution in [-0.4, -0.2) is 33.3 Å². The highest BCUT2D eigenvalue weighted by Gasteiger charge is 2.45. The lowest BCUT2D eigenvalue weighted by Crippen LogP contribution is -2.50. The van der Waals surface area contributed by atoms with E-state index in [0.717, 1.165) is 6.42 Å². The number of aliphatic carboxylic acids is 1. The van der Waals surface area contributed by atoms with Gasteiger partial charge in [0.1, 0.15) is 0 Å².